The second-order valence-corrected chi connectivity index (χ2v) is 21.8. The molecule has 0 radical (unpaired) electrons. The molecule has 2 aromatic heterocycles. The first-order chi connectivity index (χ1) is 32.1. The van der Waals surface area contributed by atoms with E-state index >= 15 is 4.39 Å². The van der Waals surface area contributed by atoms with Gasteiger partial charge in [-0.05, 0) is 117 Å². The zero-order valence-corrected chi connectivity index (χ0v) is 38.9. The number of carbonyl (C=O) groups is 1. The molecular weight excluding hydrogens is 878 g/mol. The average Bonchev–Trinajstić information content (AvgIpc) is 3.97. The number of amides is 1. The van der Waals surface area contributed by atoms with Crippen LogP contribution in [0.3, 0.4) is 0 Å². The Bertz CT molecular complexity index is 2830. The molecule has 2 saturated carbocycles. The fourth-order valence-corrected chi connectivity index (χ4v) is 12.5. The SMILES string of the molecule is CC(C)c1ccccc1[C@H]1CCC[C@H]1N1CC2(CCN(c3ccc(C(=O)NS(=O)(=O)c4cc5c(c([N+](=O)[O-])c4)N[C@@H](C4CCC(C)(O)CC4)CO5)c(Oc4cc5cc[nH]c5nc4F)c3)CC2)C1. The molecule has 0 unspecified atom stereocenters. The third kappa shape index (κ3) is 8.81. The van der Waals surface area contributed by atoms with Gasteiger partial charge in [-0.25, -0.2) is 13.1 Å². The average molecular weight is 936 g/mol. The van der Waals surface area contributed by atoms with Gasteiger partial charge in [-0.1, -0.05) is 44.5 Å². The van der Waals surface area contributed by atoms with Gasteiger partial charge in [-0.3, -0.25) is 19.8 Å². The molecule has 15 nitrogen and oxygen atoms in total. The van der Waals surface area contributed by atoms with Crippen molar-refractivity contribution >= 4 is 44.0 Å². The number of hydrogen-bond acceptors (Lipinski definition) is 12. The number of rotatable bonds is 11. The number of nitro benzene ring substituents is 1. The Labute approximate surface area is 389 Å². The lowest BCUT2D eigenvalue weighted by Gasteiger charge is -2.57. The molecule has 5 aliphatic rings. The molecule has 4 N–H and O–H groups in total. The molecule has 5 aromatic rings. The van der Waals surface area contributed by atoms with Gasteiger partial charge in [-0.15, -0.1) is 0 Å². The van der Waals surface area contributed by atoms with Crippen molar-refractivity contribution in [2.45, 2.75) is 113 Å². The van der Waals surface area contributed by atoms with Crippen molar-refractivity contribution in [1.29, 1.82) is 0 Å². The number of carbonyl (C=O) groups excluding carboxylic acids is 1. The molecule has 67 heavy (non-hydrogen) atoms. The molecule has 2 aliphatic carbocycles. The van der Waals surface area contributed by atoms with Gasteiger partial charge in [0.2, 0.25) is 0 Å². The number of nitrogens with zero attached hydrogens (tertiary/aromatic N) is 4. The van der Waals surface area contributed by atoms with Crippen molar-refractivity contribution in [2.75, 3.05) is 43.0 Å². The molecule has 3 aromatic carbocycles. The number of nitrogens with one attached hydrogen (secondary N) is 3. The predicted octanol–water partition coefficient (Wildman–Crippen LogP) is 9.00. The van der Waals surface area contributed by atoms with Gasteiger partial charge >= 0.3 is 0 Å². The number of sulfonamides is 1. The number of halogens is 1. The van der Waals surface area contributed by atoms with Crippen LogP contribution in [0, 0.1) is 27.4 Å². The summed E-state index contributed by atoms with van der Waals surface area (Å²) in [4.78, 5) is 37.0. The van der Waals surface area contributed by atoms with E-state index in [0.717, 1.165) is 56.8 Å². The van der Waals surface area contributed by atoms with Crippen LogP contribution in [0.4, 0.5) is 21.5 Å². The van der Waals surface area contributed by atoms with Crippen molar-refractivity contribution < 1.29 is 37.1 Å². The molecule has 2 saturated heterocycles. The van der Waals surface area contributed by atoms with Gasteiger partial charge in [0.15, 0.2) is 17.2 Å². The monoisotopic (exact) mass is 935 g/mol. The lowest BCUT2D eigenvalue weighted by molar-refractivity contribution is -0.384. The number of ether oxygens (including phenoxy) is 2. The van der Waals surface area contributed by atoms with Crippen LogP contribution in [0.2, 0.25) is 0 Å². The molecule has 1 spiro atoms. The fraction of sp³-hybridized carbons (Fsp3) is 0.480. The molecule has 1 amide bonds. The van der Waals surface area contributed by atoms with Crippen molar-refractivity contribution in [2.24, 2.45) is 11.3 Å². The Balaban J connectivity index is 0.866. The van der Waals surface area contributed by atoms with Crippen molar-refractivity contribution in [3.63, 3.8) is 0 Å². The standard InChI is InChI=1S/C50H58FN7O8S/c1-30(2)35-7-4-5-8-36(35)37-9-6-10-40(37)57-28-50(29-57)18-21-56(22-19-50)33-11-12-38(42(24-33)66-44-23-32-15-20-52-47(32)54-46(44)51)48(59)55-67(63,64)34-25-41(58(61)62)45-43(26-34)65-27-39(53-45)31-13-16-49(3,60)17-14-31/h4-5,7-8,11-12,15,20,23-26,30-31,37,39-40,53,60H,6,9-10,13-14,16-19,21-22,27-29H2,1-3H3,(H,52,54)(H,55,59)/t31?,37-,39-,40-,49?/m1/s1. The minimum atomic E-state index is -4.74. The number of hydrogen-bond donors (Lipinski definition) is 4. The van der Waals surface area contributed by atoms with Crippen LogP contribution in [0.15, 0.2) is 77.8 Å². The van der Waals surface area contributed by atoms with E-state index < -0.39 is 43.0 Å². The number of pyridine rings is 1. The third-order valence-electron chi connectivity index (χ3n) is 15.3. The van der Waals surface area contributed by atoms with Gasteiger partial charge in [0.1, 0.15) is 18.0 Å². The summed E-state index contributed by atoms with van der Waals surface area (Å²) in [5, 5.41) is 26.6. The van der Waals surface area contributed by atoms with Gasteiger partial charge in [0.05, 0.1) is 27.0 Å². The summed E-state index contributed by atoms with van der Waals surface area (Å²) in [6, 6.07) is 19.2. The van der Waals surface area contributed by atoms with E-state index in [1.165, 1.54) is 42.5 Å². The van der Waals surface area contributed by atoms with Crippen LogP contribution in [-0.2, 0) is 10.0 Å². The molecule has 10 rings (SSSR count). The van der Waals surface area contributed by atoms with Crippen LogP contribution >= 0.6 is 0 Å². The predicted molar refractivity (Wildman–Crippen MR) is 252 cm³/mol. The summed E-state index contributed by atoms with van der Waals surface area (Å²) < 4.78 is 57.5. The smallest absolute Gasteiger partial charge is 0.297 e. The molecule has 354 valence electrons. The lowest BCUT2D eigenvalue weighted by atomic mass is 9.70. The molecule has 3 aliphatic heterocycles. The molecule has 3 atom stereocenters. The second-order valence-electron chi connectivity index (χ2n) is 20.2. The highest BCUT2D eigenvalue weighted by Gasteiger charge is 2.49. The minimum absolute atomic E-state index is 0.0364. The van der Waals surface area contributed by atoms with Gasteiger partial charge in [0, 0.05) is 67.7 Å². The highest BCUT2D eigenvalue weighted by molar-refractivity contribution is 7.90. The van der Waals surface area contributed by atoms with Crippen LogP contribution in [0.25, 0.3) is 11.0 Å². The molecular formula is C50H58FN7O8S. The van der Waals surface area contributed by atoms with Crippen molar-refractivity contribution in [3.05, 3.63) is 106 Å². The normalized spacial score (nSPS) is 25.0. The minimum Gasteiger partial charge on any atom is -0.489 e. The summed E-state index contributed by atoms with van der Waals surface area (Å²) in [7, 11) is -4.74. The maximum absolute atomic E-state index is 15.5. The number of aromatic nitrogens is 2. The Morgan fingerprint density at radius 1 is 1.01 bits per heavy atom. The quantitative estimate of drug-likeness (QED) is 0.0559. The second kappa shape index (κ2) is 17.4. The first-order valence-electron chi connectivity index (χ1n) is 23.6. The van der Waals surface area contributed by atoms with E-state index in [0.29, 0.717) is 54.6 Å². The number of nitro groups is 1. The van der Waals surface area contributed by atoms with E-state index in [1.807, 2.05) is 0 Å². The summed E-state index contributed by atoms with van der Waals surface area (Å²) in [6.45, 7) is 10.1. The number of anilines is 2. The van der Waals surface area contributed by atoms with Crippen LogP contribution in [-0.4, -0.2) is 89.7 Å². The van der Waals surface area contributed by atoms with E-state index in [1.54, 1.807) is 31.3 Å². The zero-order chi connectivity index (χ0) is 46.8. The first kappa shape index (κ1) is 45.0. The first-order valence-corrected chi connectivity index (χ1v) is 25.1. The Kier molecular flexibility index (Phi) is 11.7. The summed E-state index contributed by atoms with van der Waals surface area (Å²) in [6.07, 6.45) is 9.77. The van der Waals surface area contributed by atoms with Gasteiger partial charge in [0.25, 0.3) is 27.6 Å². The molecule has 17 heteroatoms. The number of likely N-dealkylation sites (tertiary alicyclic amines) is 1. The number of benzene rings is 3. The number of fused-ring (bicyclic) bond motifs is 2. The Morgan fingerprint density at radius 2 is 1.78 bits per heavy atom. The summed E-state index contributed by atoms with van der Waals surface area (Å²) in [5.74, 6) is -1.30. The van der Waals surface area contributed by atoms with Gasteiger partial charge in [-0.2, -0.15) is 9.37 Å². The highest BCUT2D eigenvalue weighted by Crippen LogP contribution is 2.49. The largest absolute Gasteiger partial charge is 0.489 e. The number of aromatic amines is 1. The van der Waals surface area contributed by atoms with E-state index in [9.17, 15) is 28.4 Å². The zero-order valence-electron chi connectivity index (χ0n) is 38.1. The van der Waals surface area contributed by atoms with E-state index in [2.05, 4.69) is 67.9 Å². The number of aliphatic hydroxyl groups is 1. The molecule has 0 bridgehead atoms. The molecule has 4 fully saturated rings. The van der Waals surface area contributed by atoms with Crippen LogP contribution < -0.4 is 24.4 Å². The maximum atomic E-state index is 15.5. The van der Waals surface area contributed by atoms with E-state index in [-0.39, 0.29) is 52.5 Å². The van der Waals surface area contributed by atoms with Crippen LogP contribution in [0.5, 0.6) is 17.2 Å². The highest BCUT2D eigenvalue weighted by atomic mass is 32.2. The van der Waals surface area contributed by atoms with E-state index in [4.69, 9.17) is 9.47 Å². The van der Waals surface area contributed by atoms with Crippen LogP contribution in [0.1, 0.15) is 112 Å². The summed E-state index contributed by atoms with van der Waals surface area (Å²) in [5.41, 5.74) is 2.76. The fourth-order valence-electron chi connectivity index (χ4n) is 11.5. The third-order valence-corrected chi connectivity index (χ3v) is 16.6. The topological polar surface area (TPSA) is 192 Å². The van der Waals surface area contributed by atoms with Gasteiger partial charge < -0.3 is 29.8 Å². The Morgan fingerprint density at radius 3 is 2.52 bits per heavy atom. The Hall–Kier alpha value is -5.78. The lowest BCUT2D eigenvalue weighted by Crippen LogP contribution is -2.63. The number of piperidine rings is 1. The van der Waals surface area contributed by atoms with Crippen molar-refractivity contribution in [1.82, 2.24) is 19.6 Å². The maximum Gasteiger partial charge on any atom is 0.297 e. The molecule has 5 heterocycles. The van der Waals surface area contributed by atoms with Crippen molar-refractivity contribution in [3.8, 4) is 17.2 Å². The summed E-state index contributed by atoms with van der Waals surface area (Å²) >= 11 is 0. The number of H-pyrrole nitrogens is 1.